The van der Waals surface area contributed by atoms with Crippen LogP contribution >= 0.6 is 0 Å². The molecule has 0 radical (unpaired) electrons. The Kier molecular flexibility index (Phi) is 5.08. The molecule has 1 atom stereocenters. The first kappa shape index (κ1) is 10.9. The van der Waals surface area contributed by atoms with E-state index >= 15 is 0 Å². The van der Waals surface area contributed by atoms with E-state index in [1.54, 1.807) is 6.92 Å². The SMILES string of the molecule is CCCC(=O)N[C@@H](C)C(=O)OC. The highest BCUT2D eigenvalue weighted by Crippen LogP contribution is 1.90. The predicted molar refractivity (Wildman–Crippen MR) is 44.5 cm³/mol. The highest BCUT2D eigenvalue weighted by molar-refractivity contribution is 5.83. The Balaban J connectivity index is 3.75. The van der Waals surface area contributed by atoms with Crippen LogP contribution in [0.25, 0.3) is 0 Å². The second-order valence-corrected chi connectivity index (χ2v) is 2.56. The summed E-state index contributed by atoms with van der Waals surface area (Å²) in [7, 11) is 1.30. The molecule has 4 nitrogen and oxygen atoms in total. The molecule has 4 heteroatoms. The molecule has 0 aromatic heterocycles. The summed E-state index contributed by atoms with van der Waals surface area (Å²) in [6.45, 7) is 3.50. The van der Waals surface area contributed by atoms with Gasteiger partial charge in [0.1, 0.15) is 6.04 Å². The van der Waals surface area contributed by atoms with Gasteiger partial charge >= 0.3 is 5.97 Å². The van der Waals surface area contributed by atoms with Crippen molar-refractivity contribution in [3.63, 3.8) is 0 Å². The van der Waals surface area contributed by atoms with E-state index in [1.807, 2.05) is 6.92 Å². The Morgan fingerprint density at radius 2 is 2.08 bits per heavy atom. The van der Waals surface area contributed by atoms with Gasteiger partial charge in [-0.25, -0.2) is 4.79 Å². The molecule has 0 aliphatic rings. The highest BCUT2D eigenvalue weighted by Gasteiger charge is 2.14. The molecule has 70 valence electrons. The third-order valence-electron chi connectivity index (χ3n) is 1.41. The van der Waals surface area contributed by atoms with Gasteiger partial charge in [-0.2, -0.15) is 0 Å². The number of rotatable bonds is 4. The molecule has 0 bridgehead atoms. The average Bonchev–Trinajstić information content (AvgIpc) is 2.03. The standard InChI is InChI=1S/C8H15NO3/c1-4-5-7(10)9-6(2)8(11)12-3/h6H,4-5H2,1-3H3,(H,9,10)/t6-/m0/s1. The average molecular weight is 173 g/mol. The molecule has 12 heavy (non-hydrogen) atoms. The van der Waals surface area contributed by atoms with Crippen LogP contribution in [0.4, 0.5) is 0 Å². The maximum absolute atomic E-state index is 11.0. The zero-order chi connectivity index (χ0) is 9.56. The smallest absolute Gasteiger partial charge is 0.328 e. The molecule has 1 N–H and O–H groups in total. The monoisotopic (exact) mass is 173 g/mol. The van der Waals surface area contributed by atoms with Crippen molar-refractivity contribution in [2.24, 2.45) is 0 Å². The first-order valence-corrected chi connectivity index (χ1v) is 3.99. The second-order valence-electron chi connectivity index (χ2n) is 2.56. The summed E-state index contributed by atoms with van der Waals surface area (Å²) in [5.74, 6) is -0.533. The van der Waals surface area contributed by atoms with Crippen molar-refractivity contribution in [2.45, 2.75) is 32.7 Å². The molecule has 1 amide bonds. The van der Waals surface area contributed by atoms with Gasteiger partial charge in [-0.05, 0) is 13.3 Å². The van der Waals surface area contributed by atoms with Crippen LogP contribution < -0.4 is 5.32 Å². The Labute approximate surface area is 72.3 Å². The molecule has 0 aromatic carbocycles. The van der Waals surface area contributed by atoms with E-state index in [2.05, 4.69) is 10.1 Å². The lowest BCUT2D eigenvalue weighted by atomic mass is 10.3. The van der Waals surface area contributed by atoms with Crippen molar-refractivity contribution in [2.75, 3.05) is 7.11 Å². The Morgan fingerprint density at radius 3 is 2.50 bits per heavy atom. The van der Waals surface area contributed by atoms with E-state index in [0.717, 1.165) is 6.42 Å². The van der Waals surface area contributed by atoms with Gasteiger partial charge in [0.15, 0.2) is 0 Å². The molecule has 0 aromatic rings. The summed E-state index contributed by atoms with van der Waals surface area (Å²) in [5, 5.41) is 2.52. The first-order valence-electron chi connectivity index (χ1n) is 3.99. The van der Waals surface area contributed by atoms with Gasteiger partial charge in [0, 0.05) is 6.42 Å². The molecule has 0 aliphatic heterocycles. The van der Waals surface area contributed by atoms with E-state index < -0.39 is 12.0 Å². The number of carbonyl (C=O) groups excluding carboxylic acids is 2. The number of hydrogen-bond donors (Lipinski definition) is 1. The van der Waals surface area contributed by atoms with Crippen molar-refractivity contribution >= 4 is 11.9 Å². The molecule has 0 saturated heterocycles. The van der Waals surface area contributed by atoms with E-state index in [0.29, 0.717) is 6.42 Å². The van der Waals surface area contributed by atoms with Crippen LogP contribution in [-0.2, 0) is 14.3 Å². The van der Waals surface area contributed by atoms with Gasteiger partial charge < -0.3 is 10.1 Å². The quantitative estimate of drug-likeness (QED) is 0.628. The lowest BCUT2D eigenvalue weighted by molar-refractivity contribution is -0.144. The lowest BCUT2D eigenvalue weighted by Crippen LogP contribution is -2.38. The van der Waals surface area contributed by atoms with E-state index in [1.165, 1.54) is 7.11 Å². The predicted octanol–water partition coefficient (Wildman–Crippen LogP) is 0.464. The van der Waals surface area contributed by atoms with Crippen LogP contribution in [0.2, 0.25) is 0 Å². The largest absolute Gasteiger partial charge is 0.467 e. The lowest BCUT2D eigenvalue weighted by Gasteiger charge is -2.10. The maximum Gasteiger partial charge on any atom is 0.328 e. The van der Waals surface area contributed by atoms with Crippen LogP contribution in [-0.4, -0.2) is 25.0 Å². The fourth-order valence-corrected chi connectivity index (χ4v) is 0.776. The number of hydrogen-bond acceptors (Lipinski definition) is 3. The highest BCUT2D eigenvalue weighted by atomic mass is 16.5. The number of ether oxygens (including phenoxy) is 1. The number of carbonyl (C=O) groups is 2. The molecular formula is C8H15NO3. The van der Waals surface area contributed by atoms with Gasteiger partial charge in [-0.3, -0.25) is 4.79 Å². The molecule has 0 aliphatic carbocycles. The third-order valence-corrected chi connectivity index (χ3v) is 1.41. The van der Waals surface area contributed by atoms with Crippen LogP contribution in [0.5, 0.6) is 0 Å². The van der Waals surface area contributed by atoms with Crippen LogP contribution in [0.3, 0.4) is 0 Å². The van der Waals surface area contributed by atoms with Crippen LogP contribution in [0.15, 0.2) is 0 Å². The molecule has 0 saturated carbocycles. The van der Waals surface area contributed by atoms with Crippen molar-refractivity contribution in [1.29, 1.82) is 0 Å². The molecular weight excluding hydrogens is 158 g/mol. The van der Waals surface area contributed by atoms with Crippen molar-refractivity contribution in [3.05, 3.63) is 0 Å². The minimum absolute atomic E-state index is 0.115. The summed E-state index contributed by atoms with van der Waals surface area (Å²) in [6, 6.07) is -0.547. The summed E-state index contributed by atoms with van der Waals surface area (Å²) in [6.07, 6.45) is 1.22. The van der Waals surface area contributed by atoms with Crippen molar-refractivity contribution in [3.8, 4) is 0 Å². The van der Waals surface area contributed by atoms with Crippen molar-refractivity contribution < 1.29 is 14.3 Å². The topological polar surface area (TPSA) is 55.4 Å². The van der Waals surface area contributed by atoms with Gasteiger partial charge in [-0.1, -0.05) is 6.92 Å². The Morgan fingerprint density at radius 1 is 1.50 bits per heavy atom. The molecule has 0 unspecified atom stereocenters. The van der Waals surface area contributed by atoms with Crippen LogP contribution in [0.1, 0.15) is 26.7 Å². The molecule has 0 fully saturated rings. The maximum atomic E-state index is 11.0. The zero-order valence-corrected chi connectivity index (χ0v) is 7.72. The molecule has 0 heterocycles. The van der Waals surface area contributed by atoms with E-state index in [4.69, 9.17) is 0 Å². The summed E-state index contributed by atoms with van der Waals surface area (Å²) in [4.78, 5) is 21.8. The number of methoxy groups -OCH3 is 1. The summed E-state index contributed by atoms with van der Waals surface area (Å²) in [5.41, 5.74) is 0. The first-order chi connectivity index (χ1) is 5.61. The van der Waals surface area contributed by atoms with Gasteiger partial charge in [-0.15, -0.1) is 0 Å². The Bertz CT molecular complexity index is 168. The Hall–Kier alpha value is -1.06. The van der Waals surface area contributed by atoms with E-state index in [9.17, 15) is 9.59 Å². The fourth-order valence-electron chi connectivity index (χ4n) is 0.776. The third kappa shape index (κ3) is 3.95. The second kappa shape index (κ2) is 5.57. The van der Waals surface area contributed by atoms with Gasteiger partial charge in [0.25, 0.3) is 0 Å². The normalized spacial score (nSPS) is 11.9. The molecule has 0 rings (SSSR count). The molecule has 0 spiro atoms. The summed E-state index contributed by atoms with van der Waals surface area (Å²) < 4.78 is 4.44. The van der Waals surface area contributed by atoms with Gasteiger partial charge in [0.2, 0.25) is 5.91 Å². The number of amides is 1. The number of esters is 1. The fraction of sp³-hybridized carbons (Fsp3) is 0.750. The minimum atomic E-state index is -0.547. The van der Waals surface area contributed by atoms with E-state index in [-0.39, 0.29) is 5.91 Å². The van der Waals surface area contributed by atoms with Gasteiger partial charge in [0.05, 0.1) is 7.11 Å². The zero-order valence-electron chi connectivity index (χ0n) is 7.72. The van der Waals surface area contributed by atoms with Crippen molar-refractivity contribution in [1.82, 2.24) is 5.32 Å². The number of nitrogens with one attached hydrogen (secondary N) is 1. The summed E-state index contributed by atoms with van der Waals surface area (Å²) >= 11 is 0. The van der Waals surface area contributed by atoms with Crippen LogP contribution in [0, 0.1) is 0 Å². The minimum Gasteiger partial charge on any atom is -0.467 e.